The van der Waals surface area contributed by atoms with Gasteiger partial charge in [0.1, 0.15) is 12.0 Å². The van der Waals surface area contributed by atoms with Crippen molar-refractivity contribution in [2.45, 2.75) is 6.92 Å². The smallest absolute Gasteiger partial charge is 0.288 e. The highest BCUT2D eigenvalue weighted by Crippen LogP contribution is 2.18. The van der Waals surface area contributed by atoms with E-state index < -0.39 is 10.8 Å². The number of nitro groups is 1. The molecule has 19 heavy (non-hydrogen) atoms. The summed E-state index contributed by atoms with van der Waals surface area (Å²) in [6, 6.07) is 1.13. The van der Waals surface area contributed by atoms with Crippen LogP contribution in [0.2, 0.25) is 0 Å². The number of ether oxygens (including phenoxy) is 1. The molecule has 2 N–H and O–H groups in total. The molecule has 1 aromatic rings. The van der Waals surface area contributed by atoms with Crippen molar-refractivity contribution in [3.8, 4) is 0 Å². The average molecular weight is 268 g/mol. The third kappa shape index (κ3) is 3.88. The van der Waals surface area contributed by atoms with Crippen LogP contribution in [0.25, 0.3) is 0 Å². The molecule has 1 rings (SSSR count). The second-order valence-corrected chi connectivity index (χ2v) is 3.81. The molecule has 0 unspecified atom stereocenters. The van der Waals surface area contributed by atoms with Crippen LogP contribution < -0.4 is 5.73 Å². The SMILES string of the molecule is CCOCCN(C)C(=O)c1cc([N+](=O)[O-])cnc1N. The topological polar surface area (TPSA) is 112 Å². The van der Waals surface area contributed by atoms with Gasteiger partial charge < -0.3 is 15.4 Å². The van der Waals surface area contributed by atoms with Crippen molar-refractivity contribution in [1.82, 2.24) is 9.88 Å². The Morgan fingerprint density at radius 1 is 1.63 bits per heavy atom. The number of amides is 1. The van der Waals surface area contributed by atoms with Crippen molar-refractivity contribution in [3.63, 3.8) is 0 Å². The molecule has 0 aromatic carbocycles. The largest absolute Gasteiger partial charge is 0.383 e. The number of pyridine rings is 1. The first-order valence-corrected chi connectivity index (χ1v) is 5.70. The van der Waals surface area contributed by atoms with Gasteiger partial charge in [-0.25, -0.2) is 4.98 Å². The van der Waals surface area contributed by atoms with Crippen molar-refractivity contribution in [3.05, 3.63) is 27.9 Å². The molecule has 104 valence electrons. The Morgan fingerprint density at radius 3 is 2.89 bits per heavy atom. The lowest BCUT2D eigenvalue weighted by Gasteiger charge is -2.17. The van der Waals surface area contributed by atoms with Gasteiger partial charge in [0.2, 0.25) is 0 Å². The predicted molar refractivity (Wildman–Crippen MR) is 68.8 cm³/mol. The third-order valence-corrected chi connectivity index (χ3v) is 2.47. The van der Waals surface area contributed by atoms with Crippen molar-refractivity contribution in [2.24, 2.45) is 0 Å². The monoisotopic (exact) mass is 268 g/mol. The number of carbonyl (C=O) groups excluding carboxylic acids is 1. The van der Waals surface area contributed by atoms with Gasteiger partial charge in [-0.3, -0.25) is 14.9 Å². The number of nitrogen functional groups attached to an aromatic ring is 1. The van der Waals surface area contributed by atoms with E-state index in [2.05, 4.69) is 4.98 Å². The molecule has 0 aliphatic carbocycles. The number of aromatic nitrogens is 1. The van der Waals surface area contributed by atoms with Crippen molar-refractivity contribution >= 4 is 17.4 Å². The molecule has 8 heteroatoms. The zero-order valence-electron chi connectivity index (χ0n) is 10.8. The minimum atomic E-state index is -0.622. The molecule has 1 aromatic heterocycles. The molecule has 0 aliphatic heterocycles. The molecule has 0 saturated heterocycles. The number of hydrogen-bond donors (Lipinski definition) is 1. The Balaban J connectivity index is 2.86. The van der Waals surface area contributed by atoms with Crippen LogP contribution >= 0.6 is 0 Å². The van der Waals surface area contributed by atoms with Crippen LogP contribution in [0, 0.1) is 10.1 Å². The lowest BCUT2D eigenvalue weighted by Crippen LogP contribution is -2.31. The van der Waals surface area contributed by atoms with Crippen LogP contribution in [0.5, 0.6) is 0 Å². The zero-order valence-corrected chi connectivity index (χ0v) is 10.8. The Kier molecular flexibility index (Phi) is 5.19. The molecule has 0 saturated carbocycles. The van der Waals surface area contributed by atoms with Crippen LogP contribution in [-0.4, -0.2) is 47.5 Å². The van der Waals surface area contributed by atoms with Crippen LogP contribution in [0.3, 0.4) is 0 Å². The third-order valence-electron chi connectivity index (χ3n) is 2.47. The second kappa shape index (κ2) is 6.64. The van der Waals surface area contributed by atoms with Crippen LogP contribution in [0.1, 0.15) is 17.3 Å². The zero-order chi connectivity index (χ0) is 14.4. The van der Waals surface area contributed by atoms with E-state index in [4.69, 9.17) is 10.5 Å². The summed E-state index contributed by atoms with van der Waals surface area (Å²) < 4.78 is 5.13. The molecule has 0 fully saturated rings. The molecule has 0 bridgehead atoms. The number of carbonyl (C=O) groups is 1. The van der Waals surface area contributed by atoms with Gasteiger partial charge >= 0.3 is 0 Å². The molecule has 0 spiro atoms. The summed E-state index contributed by atoms with van der Waals surface area (Å²) in [4.78, 5) is 27.1. The fourth-order valence-electron chi connectivity index (χ4n) is 1.39. The van der Waals surface area contributed by atoms with Crippen LogP contribution in [-0.2, 0) is 4.74 Å². The Bertz CT molecular complexity index is 478. The Morgan fingerprint density at radius 2 is 2.32 bits per heavy atom. The van der Waals surface area contributed by atoms with E-state index >= 15 is 0 Å². The maximum atomic E-state index is 12.1. The summed E-state index contributed by atoms with van der Waals surface area (Å²) in [5.74, 6) is -0.452. The first-order chi connectivity index (χ1) is 8.97. The number of hydrogen-bond acceptors (Lipinski definition) is 6. The fourth-order valence-corrected chi connectivity index (χ4v) is 1.39. The molecule has 0 atom stereocenters. The number of nitrogens with two attached hydrogens (primary N) is 1. The van der Waals surface area contributed by atoms with E-state index in [1.54, 1.807) is 7.05 Å². The maximum Gasteiger partial charge on any atom is 0.288 e. The molecular weight excluding hydrogens is 252 g/mol. The first-order valence-electron chi connectivity index (χ1n) is 5.70. The van der Waals surface area contributed by atoms with Crippen LogP contribution in [0.15, 0.2) is 12.3 Å². The summed E-state index contributed by atoms with van der Waals surface area (Å²) in [5.41, 5.74) is 5.32. The minimum absolute atomic E-state index is 0.0215. The van der Waals surface area contributed by atoms with Crippen molar-refractivity contribution < 1.29 is 14.5 Å². The summed E-state index contributed by atoms with van der Waals surface area (Å²) in [5, 5.41) is 10.6. The summed E-state index contributed by atoms with van der Waals surface area (Å²) in [7, 11) is 1.57. The lowest BCUT2D eigenvalue weighted by molar-refractivity contribution is -0.385. The van der Waals surface area contributed by atoms with Crippen LogP contribution in [0.4, 0.5) is 11.5 Å². The van der Waals surface area contributed by atoms with Gasteiger partial charge in [-0.15, -0.1) is 0 Å². The van der Waals surface area contributed by atoms with Gasteiger partial charge in [-0.1, -0.05) is 0 Å². The highest BCUT2D eigenvalue weighted by Gasteiger charge is 2.19. The number of rotatable bonds is 6. The normalized spacial score (nSPS) is 10.2. The molecule has 0 aliphatic rings. The summed E-state index contributed by atoms with van der Waals surface area (Å²) in [6.07, 6.45) is 1.02. The van der Waals surface area contributed by atoms with Gasteiger partial charge in [0, 0.05) is 26.3 Å². The number of likely N-dealkylation sites (N-methyl/N-ethyl adjacent to an activating group) is 1. The first kappa shape index (κ1) is 14.8. The van der Waals surface area contributed by atoms with Gasteiger partial charge in [0.15, 0.2) is 0 Å². The molecule has 0 radical (unpaired) electrons. The van der Waals surface area contributed by atoms with Crippen molar-refractivity contribution in [1.29, 1.82) is 0 Å². The maximum absolute atomic E-state index is 12.1. The Hall–Kier alpha value is -2.22. The average Bonchev–Trinajstić information content (AvgIpc) is 2.38. The fraction of sp³-hybridized carbons (Fsp3) is 0.455. The van der Waals surface area contributed by atoms with E-state index in [0.29, 0.717) is 19.8 Å². The molecule has 8 nitrogen and oxygen atoms in total. The van der Waals surface area contributed by atoms with E-state index in [9.17, 15) is 14.9 Å². The summed E-state index contributed by atoms with van der Waals surface area (Å²) >= 11 is 0. The van der Waals surface area contributed by atoms with Crippen molar-refractivity contribution in [2.75, 3.05) is 32.5 Å². The quantitative estimate of drug-likeness (QED) is 0.461. The van der Waals surface area contributed by atoms with E-state index in [1.807, 2.05) is 6.92 Å². The molecule has 1 amide bonds. The number of nitrogens with zero attached hydrogens (tertiary/aromatic N) is 3. The predicted octanol–water partition coefficient (Wildman–Crippen LogP) is 0.681. The van der Waals surface area contributed by atoms with E-state index in [0.717, 1.165) is 12.3 Å². The Labute approximate surface area is 110 Å². The van der Waals surface area contributed by atoms with E-state index in [1.165, 1.54) is 4.90 Å². The standard InChI is InChI=1S/C11H16N4O4/c1-3-19-5-4-14(2)11(16)9-6-8(15(17)18)7-13-10(9)12/h6-7H,3-5H2,1-2H3,(H2,12,13). The highest BCUT2D eigenvalue weighted by molar-refractivity contribution is 5.98. The minimum Gasteiger partial charge on any atom is -0.383 e. The van der Waals surface area contributed by atoms with E-state index in [-0.39, 0.29) is 17.1 Å². The highest BCUT2D eigenvalue weighted by atomic mass is 16.6. The number of anilines is 1. The summed E-state index contributed by atoms with van der Waals surface area (Å²) in [6.45, 7) is 3.17. The van der Waals surface area contributed by atoms with Gasteiger partial charge in [0.25, 0.3) is 11.6 Å². The molecule has 1 heterocycles. The second-order valence-electron chi connectivity index (χ2n) is 3.81. The lowest BCUT2D eigenvalue weighted by atomic mass is 10.2. The van der Waals surface area contributed by atoms with Gasteiger partial charge in [-0.2, -0.15) is 0 Å². The molecular formula is C11H16N4O4. The van der Waals surface area contributed by atoms with Gasteiger partial charge in [0.05, 0.1) is 17.1 Å². The van der Waals surface area contributed by atoms with Gasteiger partial charge in [-0.05, 0) is 6.92 Å².